The maximum Gasteiger partial charge on any atom is 0.143 e. The third-order valence-electron chi connectivity index (χ3n) is 12.0. The molecular formula is C56H36N2O. The fraction of sp³-hybridized carbons (Fsp3) is 0. The maximum absolute atomic E-state index is 6.57. The summed E-state index contributed by atoms with van der Waals surface area (Å²) < 4.78 is 8.95. The minimum atomic E-state index is 0.895. The highest BCUT2D eigenvalue weighted by molar-refractivity contribution is 6.19. The van der Waals surface area contributed by atoms with Crippen LogP contribution in [0.2, 0.25) is 0 Å². The Morgan fingerprint density at radius 1 is 0.356 bits per heavy atom. The molecule has 0 unspecified atom stereocenters. The molecule has 12 rings (SSSR count). The second-order valence-electron chi connectivity index (χ2n) is 15.3. The van der Waals surface area contributed by atoms with Gasteiger partial charge in [0.15, 0.2) is 0 Å². The van der Waals surface area contributed by atoms with Gasteiger partial charge >= 0.3 is 0 Å². The molecule has 59 heavy (non-hydrogen) atoms. The molecule has 3 heteroatoms. The molecule has 276 valence electrons. The fourth-order valence-electron chi connectivity index (χ4n) is 9.29. The van der Waals surface area contributed by atoms with Crippen LogP contribution in [0.4, 0.5) is 17.1 Å². The summed E-state index contributed by atoms with van der Waals surface area (Å²) in [6.45, 7) is 0. The first kappa shape index (κ1) is 33.3. The van der Waals surface area contributed by atoms with E-state index in [4.69, 9.17) is 4.42 Å². The van der Waals surface area contributed by atoms with E-state index in [0.29, 0.717) is 0 Å². The third-order valence-corrected chi connectivity index (χ3v) is 12.0. The van der Waals surface area contributed by atoms with Crippen LogP contribution in [0.5, 0.6) is 0 Å². The van der Waals surface area contributed by atoms with Crippen LogP contribution in [0, 0.1) is 0 Å². The lowest BCUT2D eigenvalue weighted by Crippen LogP contribution is -2.10. The molecule has 0 aliphatic rings. The van der Waals surface area contributed by atoms with Crippen LogP contribution in [0.3, 0.4) is 0 Å². The van der Waals surface area contributed by atoms with E-state index in [1.807, 2.05) is 0 Å². The summed E-state index contributed by atoms with van der Waals surface area (Å²) in [4.78, 5) is 2.38. The first-order valence-corrected chi connectivity index (χ1v) is 20.2. The highest BCUT2D eigenvalue weighted by atomic mass is 16.3. The van der Waals surface area contributed by atoms with Crippen LogP contribution in [0.15, 0.2) is 223 Å². The van der Waals surface area contributed by atoms with E-state index in [-0.39, 0.29) is 0 Å². The van der Waals surface area contributed by atoms with Gasteiger partial charge in [0.2, 0.25) is 0 Å². The zero-order valence-corrected chi connectivity index (χ0v) is 32.1. The Kier molecular flexibility index (Phi) is 7.54. The molecule has 0 atom stereocenters. The van der Waals surface area contributed by atoms with E-state index in [9.17, 15) is 0 Å². The van der Waals surface area contributed by atoms with Gasteiger partial charge in [-0.05, 0) is 105 Å². The third kappa shape index (κ3) is 5.36. The van der Waals surface area contributed by atoms with Gasteiger partial charge in [-0.1, -0.05) is 152 Å². The van der Waals surface area contributed by atoms with Gasteiger partial charge in [-0.3, -0.25) is 0 Å². The Morgan fingerprint density at radius 2 is 0.949 bits per heavy atom. The van der Waals surface area contributed by atoms with Crippen molar-refractivity contribution in [3.8, 4) is 27.9 Å². The number of nitrogens with zero attached hydrogens (tertiary/aromatic N) is 2. The molecule has 2 aromatic heterocycles. The van der Waals surface area contributed by atoms with Crippen molar-refractivity contribution in [2.75, 3.05) is 4.90 Å². The molecule has 0 saturated carbocycles. The molecule has 0 aliphatic heterocycles. The van der Waals surface area contributed by atoms with Crippen LogP contribution in [-0.4, -0.2) is 4.57 Å². The van der Waals surface area contributed by atoms with Crippen molar-refractivity contribution >= 4 is 82.4 Å². The largest absolute Gasteiger partial charge is 0.455 e. The highest BCUT2D eigenvalue weighted by Crippen LogP contribution is 2.43. The Morgan fingerprint density at radius 3 is 1.73 bits per heavy atom. The first-order valence-electron chi connectivity index (χ1n) is 20.2. The monoisotopic (exact) mass is 752 g/mol. The van der Waals surface area contributed by atoms with Gasteiger partial charge in [-0.2, -0.15) is 0 Å². The fourth-order valence-corrected chi connectivity index (χ4v) is 9.29. The molecule has 0 aliphatic carbocycles. The number of para-hydroxylation sites is 2. The lowest BCUT2D eigenvalue weighted by atomic mass is 9.97. The number of anilines is 3. The van der Waals surface area contributed by atoms with Crippen molar-refractivity contribution in [2.24, 2.45) is 0 Å². The predicted molar refractivity (Wildman–Crippen MR) is 249 cm³/mol. The second kappa shape index (κ2) is 13.4. The molecule has 0 fully saturated rings. The second-order valence-corrected chi connectivity index (χ2v) is 15.3. The molecule has 0 radical (unpaired) electrons. The van der Waals surface area contributed by atoms with E-state index in [0.717, 1.165) is 61.2 Å². The first-order chi connectivity index (χ1) is 29.3. The minimum absolute atomic E-state index is 0.895. The Balaban J connectivity index is 1.03. The molecule has 0 saturated heterocycles. The maximum atomic E-state index is 6.57. The number of rotatable bonds is 6. The number of fused-ring (bicyclic) bond motifs is 9. The average molecular weight is 753 g/mol. The summed E-state index contributed by atoms with van der Waals surface area (Å²) >= 11 is 0. The van der Waals surface area contributed by atoms with Crippen LogP contribution >= 0.6 is 0 Å². The van der Waals surface area contributed by atoms with Crippen molar-refractivity contribution in [3.63, 3.8) is 0 Å². The van der Waals surface area contributed by atoms with Crippen molar-refractivity contribution < 1.29 is 4.42 Å². The van der Waals surface area contributed by atoms with E-state index >= 15 is 0 Å². The summed E-state index contributed by atoms with van der Waals surface area (Å²) in [6.07, 6.45) is 0. The molecule has 0 spiro atoms. The normalized spacial score (nSPS) is 11.7. The summed E-state index contributed by atoms with van der Waals surface area (Å²) in [5, 5.41) is 9.55. The number of hydrogen-bond donors (Lipinski definition) is 0. The van der Waals surface area contributed by atoms with Gasteiger partial charge in [0.25, 0.3) is 0 Å². The van der Waals surface area contributed by atoms with Crippen LogP contribution < -0.4 is 4.90 Å². The Labute approximate surface area is 341 Å². The summed E-state index contributed by atoms with van der Waals surface area (Å²) in [5.74, 6) is 0. The van der Waals surface area contributed by atoms with Gasteiger partial charge in [0, 0.05) is 49.7 Å². The molecule has 2 heterocycles. The predicted octanol–water partition coefficient (Wildman–Crippen LogP) is 15.8. The van der Waals surface area contributed by atoms with Crippen LogP contribution in [-0.2, 0) is 0 Å². The smallest absolute Gasteiger partial charge is 0.143 e. The zero-order valence-electron chi connectivity index (χ0n) is 32.1. The van der Waals surface area contributed by atoms with Gasteiger partial charge in [0.1, 0.15) is 11.2 Å². The summed E-state index contributed by atoms with van der Waals surface area (Å²) in [7, 11) is 0. The van der Waals surface area contributed by atoms with Crippen molar-refractivity contribution in [1.29, 1.82) is 0 Å². The number of furan rings is 1. The lowest BCUT2D eigenvalue weighted by Gasteiger charge is -2.27. The van der Waals surface area contributed by atoms with E-state index in [1.54, 1.807) is 0 Å². The van der Waals surface area contributed by atoms with E-state index in [1.165, 1.54) is 49.1 Å². The standard InChI is InChI=1S/C56H36N2O/c1-3-20-45-37(13-1)15-10-24-46(45)40-16-9-17-42(35-40)57(43-18-11-19-44(36-43)58-52-26-7-5-22-49(52)50-23-6-8-27-53(50)58)41-32-29-39(30-33-41)47-25-12-28-54-55(47)51-34-31-38-14-2-4-21-48(38)56(51)59-54/h1-36H. The van der Waals surface area contributed by atoms with E-state index in [2.05, 4.69) is 228 Å². The van der Waals surface area contributed by atoms with Gasteiger partial charge in [-0.25, -0.2) is 0 Å². The molecule has 0 bridgehead atoms. The topological polar surface area (TPSA) is 21.3 Å². The molecule has 0 N–H and O–H groups in total. The van der Waals surface area contributed by atoms with Gasteiger partial charge < -0.3 is 13.9 Å². The molecule has 3 nitrogen and oxygen atoms in total. The van der Waals surface area contributed by atoms with Crippen molar-refractivity contribution in [3.05, 3.63) is 218 Å². The average Bonchev–Trinajstić information content (AvgIpc) is 3.86. The van der Waals surface area contributed by atoms with Gasteiger partial charge in [0.05, 0.1) is 11.0 Å². The Hall–Kier alpha value is -7.88. The zero-order chi connectivity index (χ0) is 38.9. The van der Waals surface area contributed by atoms with E-state index < -0.39 is 0 Å². The molecule has 10 aromatic carbocycles. The number of benzene rings is 10. The van der Waals surface area contributed by atoms with Gasteiger partial charge in [-0.15, -0.1) is 0 Å². The molecule has 0 amide bonds. The number of hydrogen-bond acceptors (Lipinski definition) is 2. The summed E-state index contributed by atoms with van der Waals surface area (Å²) in [5.41, 5.74) is 13.2. The minimum Gasteiger partial charge on any atom is -0.455 e. The van der Waals surface area contributed by atoms with Crippen molar-refractivity contribution in [1.82, 2.24) is 4.57 Å². The van der Waals surface area contributed by atoms with Crippen molar-refractivity contribution in [2.45, 2.75) is 0 Å². The quantitative estimate of drug-likeness (QED) is 0.169. The Bertz CT molecular complexity index is 3510. The summed E-state index contributed by atoms with van der Waals surface area (Å²) in [6, 6.07) is 78.7. The molecular weight excluding hydrogens is 717 g/mol. The lowest BCUT2D eigenvalue weighted by molar-refractivity contribution is 0.673. The highest BCUT2D eigenvalue weighted by Gasteiger charge is 2.19. The number of aromatic nitrogens is 1. The van der Waals surface area contributed by atoms with Crippen LogP contribution in [0.25, 0.3) is 93.2 Å². The van der Waals surface area contributed by atoms with Crippen LogP contribution in [0.1, 0.15) is 0 Å². The molecule has 12 aromatic rings. The SMILES string of the molecule is c1cc(-c2cccc3ccccc23)cc(N(c2ccc(-c3cccc4oc5c6ccccc6ccc5c34)cc2)c2cccc(-n3c4ccccc4c4ccccc43)c2)c1.